The number of halogens is 1. The lowest BCUT2D eigenvalue weighted by Crippen LogP contribution is -2.15. The second kappa shape index (κ2) is 11.1. The number of thioether (sulfide) groups is 1. The van der Waals surface area contributed by atoms with Crippen molar-refractivity contribution < 1.29 is 14.3 Å². The van der Waals surface area contributed by atoms with Crippen LogP contribution in [-0.2, 0) is 17.9 Å². The summed E-state index contributed by atoms with van der Waals surface area (Å²) in [6.07, 6.45) is 0. The van der Waals surface area contributed by atoms with Crippen LogP contribution in [0.2, 0.25) is 5.02 Å². The summed E-state index contributed by atoms with van der Waals surface area (Å²) in [6, 6.07) is 12.8. The van der Waals surface area contributed by atoms with Crippen molar-refractivity contribution in [2.45, 2.75) is 39.1 Å². The molecule has 0 bridgehead atoms. The number of amides is 1. The molecule has 0 saturated carbocycles. The van der Waals surface area contributed by atoms with Gasteiger partial charge in [0.2, 0.25) is 5.91 Å². The molecule has 3 aromatic rings. The van der Waals surface area contributed by atoms with Gasteiger partial charge in [-0.1, -0.05) is 35.5 Å². The maximum atomic E-state index is 12.4. The SMILES string of the molecule is CCOc1ccccc1NC(=O)CSc1nnc(COc2ccc(Cl)cc2C)n1CC. The number of hydrogen-bond acceptors (Lipinski definition) is 6. The lowest BCUT2D eigenvalue weighted by Gasteiger charge is -2.12. The number of para-hydroxylation sites is 2. The van der Waals surface area contributed by atoms with Crippen LogP contribution in [0, 0.1) is 6.92 Å². The standard InChI is InChI=1S/C22H25ClN4O3S/c1-4-27-20(13-30-18-11-10-16(23)12-15(18)3)25-26-22(27)31-14-21(28)24-17-8-6-7-9-19(17)29-5-2/h6-12H,4-5,13-14H2,1-3H3,(H,24,28). The first-order valence-electron chi connectivity index (χ1n) is 9.97. The molecule has 164 valence electrons. The molecule has 1 amide bonds. The topological polar surface area (TPSA) is 78.3 Å². The Labute approximate surface area is 191 Å². The number of anilines is 1. The van der Waals surface area contributed by atoms with Crippen molar-refractivity contribution in [1.29, 1.82) is 0 Å². The number of carbonyl (C=O) groups excluding carboxylic acids is 1. The van der Waals surface area contributed by atoms with Gasteiger partial charge in [0.1, 0.15) is 18.1 Å². The molecule has 0 saturated heterocycles. The van der Waals surface area contributed by atoms with E-state index in [1.54, 1.807) is 6.07 Å². The third-order valence-corrected chi connectivity index (χ3v) is 5.60. The highest BCUT2D eigenvalue weighted by molar-refractivity contribution is 7.99. The van der Waals surface area contributed by atoms with Gasteiger partial charge >= 0.3 is 0 Å². The summed E-state index contributed by atoms with van der Waals surface area (Å²) in [4.78, 5) is 12.4. The van der Waals surface area contributed by atoms with E-state index in [0.29, 0.717) is 40.6 Å². The summed E-state index contributed by atoms with van der Waals surface area (Å²) in [6.45, 7) is 7.32. The number of hydrogen-bond donors (Lipinski definition) is 1. The number of benzene rings is 2. The molecule has 0 radical (unpaired) electrons. The van der Waals surface area contributed by atoms with Gasteiger partial charge in [-0.25, -0.2) is 0 Å². The fourth-order valence-electron chi connectivity index (χ4n) is 2.93. The molecule has 1 aromatic heterocycles. The molecule has 0 unspecified atom stereocenters. The largest absolute Gasteiger partial charge is 0.492 e. The van der Waals surface area contributed by atoms with Crippen LogP contribution in [-0.4, -0.2) is 33.0 Å². The fourth-order valence-corrected chi connectivity index (χ4v) is 3.98. The Morgan fingerprint density at radius 2 is 1.94 bits per heavy atom. The van der Waals surface area contributed by atoms with Crippen molar-refractivity contribution in [1.82, 2.24) is 14.8 Å². The predicted octanol–water partition coefficient (Wildman–Crippen LogP) is 4.97. The quantitative estimate of drug-likeness (QED) is 0.430. The van der Waals surface area contributed by atoms with E-state index in [9.17, 15) is 4.79 Å². The first kappa shape index (κ1) is 23.0. The minimum Gasteiger partial charge on any atom is -0.492 e. The summed E-state index contributed by atoms with van der Waals surface area (Å²) < 4.78 is 13.4. The Hall–Kier alpha value is -2.71. The maximum Gasteiger partial charge on any atom is 0.234 e. The Morgan fingerprint density at radius 3 is 2.68 bits per heavy atom. The zero-order valence-corrected chi connectivity index (χ0v) is 19.3. The van der Waals surface area contributed by atoms with Crippen LogP contribution in [0.5, 0.6) is 11.5 Å². The second-order valence-corrected chi connectivity index (χ2v) is 7.99. The van der Waals surface area contributed by atoms with Crippen LogP contribution in [0.25, 0.3) is 0 Å². The number of nitrogens with zero attached hydrogens (tertiary/aromatic N) is 3. The van der Waals surface area contributed by atoms with E-state index in [4.69, 9.17) is 21.1 Å². The fraction of sp³-hybridized carbons (Fsp3) is 0.318. The summed E-state index contributed by atoms with van der Waals surface area (Å²) in [5.41, 5.74) is 1.60. The summed E-state index contributed by atoms with van der Waals surface area (Å²) in [5.74, 6) is 2.16. The molecule has 31 heavy (non-hydrogen) atoms. The van der Waals surface area contributed by atoms with Gasteiger partial charge in [0, 0.05) is 11.6 Å². The van der Waals surface area contributed by atoms with E-state index >= 15 is 0 Å². The number of aryl methyl sites for hydroxylation is 1. The second-order valence-electron chi connectivity index (χ2n) is 6.61. The van der Waals surface area contributed by atoms with Crippen LogP contribution in [0.15, 0.2) is 47.6 Å². The van der Waals surface area contributed by atoms with Gasteiger partial charge in [0.25, 0.3) is 0 Å². The van der Waals surface area contributed by atoms with E-state index < -0.39 is 0 Å². The molecular weight excluding hydrogens is 436 g/mol. The molecule has 3 rings (SSSR count). The Kier molecular flexibility index (Phi) is 8.20. The molecule has 0 fully saturated rings. The Bertz CT molecular complexity index is 1040. The first-order valence-corrected chi connectivity index (χ1v) is 11.3. The van der Waals surface area contributed by atoms with E-state index in [2.05, 4.69) is 15.5 Å². The number of nitrogens with one attached hydrogen (secondary N) is 1. The van der Waals surface area contributed by atoms with E-state index in [0.717, 1.165) is 11.3 Å². The molecule has 0 aliphatic heterocycles. The van der Waals surface area contributed by atoms with E-state index in [-0.39, 0.29) is 18.3 Å². The average Bonchev–Trinajstić information content (AvgIpc) is 3.15. The molecule has 2 aromatic carbocycles. The summed E-state index contributed by atoms with van der Waals surface area (Å²) in [7, 11) is 0. The summed E-state index contributed by atoms with van der Waals surface area (Å²) in [5, 5.41) is 12.7. The molecule has 9 heteroatoms. The third kappa shape index (κ3) is 6.15. The number of rotatable bonds is 10. The van der Waals surface area contributed by atoms with Gasteiger partial charge in [0.15, 0.2) is 11.0 Å². The minimum absolute atomic E-state index is 0.141. The predicted molar refractivity (Wildman–Crippen MR) is 123 cm³/mol. The molecule has 0 spiro atoms. The molecule has 0 aliphatic carbocycles. The Balaban J connectivity index is 1.60. The van der Waals surface area contributed by atoms with Crippen molar-refractivity contribution in [2.75, 3.05) is 17.7 Å². The number of ether oxygens (including phenoxy) is 2. The van der Waals surface area contributed by atoms with Gasteiger partial charge < -0.3 is 19.4 Å². The van der Waals surface area contributed by atoms with Crippen molar-refractivity contribution in [3.05, 3.63) is 58.9 Å². The van der Waals surface area contributed by atoms with Crippen LogP contribution in [0.3, 0.4) is 0 Å². The van der Waals surface area contributed by atoms with Gasteiger partial charge in [-0.2, -0.15) is 0 Å². The third-order valence-electron chi connectivity index (χ3n) is 4.40. The van der Waals surface area contributed by atoms with Gasteiger partial charge in [-0.05, 0) is 56.7 Å². The van der Waals surface area contributed by atoms with Crippen LogP contribution >= 0.6 is 23.4 Å². The lowest BCUT2D eigenvalue weighted by atomic mass is 10.2. The van der Waals surface area contributed by atoms with Crippen LogP contribution in [0.4, 0.5) is 5.69 Å². The summed E-state index contributed by atoms with van der Waals surface area (Å²) >= 11 is 7.33. The van der Waals surface area contributed by atoms with Crippen molar-refractivity contribution in [3.8, 4) is 11.5 Å². The van der Waals surface area contributed by atoms with Crippen molar-refractivity contribution in [2.24, 2.45) is 0 Å². The highest BCUT2D eigenvalue weighted by Crippen LogP contribution is 2.25. The molecule has 1 N–H and O–H groups in total. The lowest BCUT2D eigenvalue weighted by molar-refractivity contribution is -0.113. The van der Waals surface area contributed by atoms with E-state index in [1.165, 1.54) is 11.8 Å². The average molecular weight is 461 g/mol. The smallest absolute Gasteiger partial charge is 0.234 e. The van der Waals surface area contributed by atoms with Crippen molar-refractivity contribution >= 4 is 35.0 Å². The molecule has 7 nitrogen and oxygen atoms in total. The first-order chi connectivity index (χ1) is 15.0. The molecule has 0 atom stereocenters. The molecule has 1 heterocycles. The van der Waals surface area contributed by atoms with E-state index in [1.807, 2.05) is 61.7 Å². The highest BCUT2D eigenvalue weighted by Gasteiger charge is 2.15. The zero-order valence-electron chi connectivity index (χ0n) is 17.7. The van der Waals surface area contributed by atoms with Crippen LogP contribution < -0.4 is 14.8 Å². The van der Waals surface area contributed by atoms with Gasteiger partial charge in [-0.15, -0.1) is 10.2 Å². The van der Waals surface area contributed by atoms with Crippen LogP contribution in [0.1, 0.15) is 25.2 Å². The van der Waals surface area contributed by atoms with Gasteiger partial charge in [-0.3, -0.25) is 4.79 Å². The highest BCUT2D eigenvalue weighted by atomic mass is 35.5. The van der Waals surface area contributed by atoms with Gasteiger partial charge in [0.05, 0.1) is 18.0 Å². The van der Waals surface area contributed by atoms with Crippen molar-refractivity contribution in [3.63, 3.8) is 0 Å². The number of aromatic nitrogens is 3. The maximum absolute atomic E-state index is 12.4. The molecule has 0 aliphatic rings. The normalized spacial score (nSPS) is 10.7. The monoisotopic (exact) mass is 460 g/mol. The minimum atomic E-state index is -0.141. The molecular formula is C22H25ClN4O3S. The zero-order chi connectivity index (χ0) is 22.2. The number of carbonyl (C=O) groups is 1. The Morgan fingerprint density at radius 1 is 1.13 bits per heavy atom.